The predicted octanol–water partition coefficient (Wildman–Crippen LogP) is 22.9. The van der Waals surface area contributed by atoms with Crippen molar-refractivity contribution in [2.75, 3.05) is 13.2 Å². The zero-order chi connectivity index (χ0) is 55.7. The maximum absolute atomic E-state index is 12.9. The maximum Gasteiger partial charge on any atom is 0.306 e. The Labute approximate surface area is 478 Å². The van der Waals surface area contributed by atoms with Crippen LogP contribution in [0.25, 0.3) is 0 Å². The summed E-state index contributed by atoms with van der Waals surface area (Å²) >= 11 is 0. The number of unbranched alkanes of at least 4 members (excludes halogenated alkanes) is 38. The van der Waals surface area contributed by atoms with E-state index in [0.29, 0.717) is 19.3 Å². The van der Waals surface area contributed by atoms with E-state index in [0.717, 1.165) is 77.0 Å². The Hall–Kier alpha value is -3.15. The molecule has 0 spiro atoms. The highest BCUT2D eigenvalue weighted by molar-refractivity contribution is 5.71. The highest BCUT2D eigenvalue weighted by atomic mass is 16.6. The van der Waals surface area contributed by atoms with E-state index in [-0.39, 0.29) is 37.5 Å². The van der Waals surface area contributed by atoms with Gasteiger partial charge in [0.1, 0.15) is 13.2 Å². The summed E-state index contributed by atoms with van der Waals surface area (Å²) in [7, 11) is 0. The van der Waals surface area contributed by atoms with Crippen molar-refractivity contribution >= 4 is 17.9 Å². The van der Waals surface area contributed by atoms with E-state index in [1.54, 1.807) is 0 Å². The molecule has 6 nitrogen and oxygen atoms in total. The summed E-state index contributed by atoms with van der Waals surface area (Å²) < 4.78 is 16.9. The number of hydrogen-bond donors (Lipinski definition) is 0. The van der Waals surface area contributed by atoms with Gasteiger partial charge in [-0.25, -0.2) is 0 Å². The van der Waals surface area contributed by atoms with Crippen molar-refractivity contribution in [1.29, 1.82) is 0 Å². The molecule has 0 saturated heterocycles. The second-order valence-electron chi connectivity index (χ2n) is 22.4. The SMILES string of the molecule is CC/C=C\C/C=C\C/C=C\C/C=C\C/C=C\C/C=C\CCC(=O)OC(COC(=O)CCCCCCCCCCCCCC)COC(=O)CCCCCCCCCCCCCCCCCCCCCCCCCCCCCC. The Bertz CT molecular complexity index is 1420. The van der Waals surface area contributed by atoms with Gasteiger partial charge in [0, 0.05) is 19.3 Å². The Morgan fingerprint density at radius 2 is 0.506 bits per heavy atom. The first-order valence-corrected chi connectivity index (χ1v) is 33.4. The van der Waals surface area contributed by atoms with Crippen molar-refractivity contribution < 1.29 is 28.6 Å². The molecule has 0 saturated carbocycles. The third kappa shape index (κ3) is 63.6. The van der Waals surface area contributed by atoms with Crippen LogP contribution >= 0.6 is 0 Å². The molecular weight excluding hydrogens is 949 g/mol. The van der Waals surface area contributed by atoms with E-state index in [4.69, 9.17) is 14.2 Å². The molecule has 0 N–H and O–H groups in total. The molecule has 0 heterocycles. The van der Waals surface area contributed by atoms with Crippen molar-refractivity contribution in [2.24, 2.45) is 0 Å². The van der Waals surface area contributed by atoms with Gasteiger partial charge in [0.05, 0.1) is 0 Å². The molecule has 0 bridgehead atoms. The molecule has 0 aliphatic rings. The van der Waals surface area contributed by atoms with Crippen molar-refractivity contribution in [3.8, 4) is 0 Å². The number of ether oxygens (including phenoxy) is 3. The molecule has 0 aromatic rings. The molecule has 0 aliphatic carbocycles. The Balaban J connectivity index is 4.27. The fraction of sp³-hybridized carbons (Fsp3) is 0.789. The smallest absolute Gasteiger partial charge is 0.306 e. The van der Waals surface area contributed by atoms with Gasteiger partial charge < -0.3 is 14.2 Å². The Morgan fingerprint density at radius 1 is 0.273 bits per heavy atom. The molecule has 0 rings (SSSR count). The lowest BCUT2D eigenvalue weighted by Gasteiger charge is -2.18. The summed E-state index contributed by atoms with van der Waals surface area (Å²) in [6, 6.07) is 0. The molecule has 0 aliphatic heterocycles. The third-order valence-electron chi connectivity index (χ3n) is 14.7. The third-order valence-corrected chi connectivity index (χ3v) is 14.7. The first-order valence-electron chi connectivity index (χ1n) is 33.4. The molecule has 0 radical (unpaired) electrons. The van der Waals surface area contributed by atoms with Gasteiger partial charge in [-0.1, -0.05) is 338 Å². The second-order valence-corrected chi connectivity index (χ2v) is 22.4. The van der Waals surface area contributed by atoms with E-state index in [1.165, 1.54) is 218 Å². The minimum Gasteiger partial charge on any atom is -0.462 e. The average Bonchev–Trinajstić information content (AvgIpc) is 3.43. The van der Waals surface area contributed by atoms with Gasteiger partial charge in [-0.15, -0.1) is 0 Å². The van der Waals surface area contributed by atoms with Crippen molar-refractivity contribution in [1.82, 2.24) is 0 Å². The fourth-order valence-electron chi connectivity index (χ4n) is 9.77. The van der Waals surface area contributed by atoms with Crippen LogP contribution in [0.15, 0.2) is 72.9 Å². The molecule has 0 aromatic carbocycles. The number of rotatable bonds is 61. The number of carbonyl (C=O) groups is 3. The summed E-state index contributed by atoms with van der Waals surface area (Å²) in [5.41, 5.74) is 0. The molecule has 1 unspecified atom stereocenters. The van der Waals surface area contributed by atoms with Crippen LogP contribution in [0.4, 0.5) is 0 Å². The molecule has 446 valence electrons. The van der Waals surface area contributed by atoms with E-state index in [2.05, 4.69) is 87.6 Å². The van der Waals surface area contributed by atoms with Crippen LogP contribution in [-0.2, 0) is 28.6 Å². The van der Waals surface area contributed by atoms with E-state index in [9.17, 15) is 14.4 Å². The van der Waals surface area contributed by atoms with Crippen LogP contribution in [0.1, 0.15) is 342 Å². The lowest BCUT2D eigenvalue weighted by atomic mass is 10.0. The normalized spacial score (nSPS) is 12.5. The highest BCUT2D eigenvalue weighted by Crippen LogP contribution is 2.18. The minimum atomic E-state index is -0.814. The molecule has 1 atom stereocenters. The fourth-order valence-corrected chi connectivity index (χ4v) is 9.77. The monoisotopic (exact) mass is 1070 g/mol. The summed E-state index contributed by atoms with van der Waals surface area (Å²) in [4.78, 5) is 38.2. The number of carbonyl (C=O) groups excluding carboxylic acids is 3. The predicted molar refractivity (Wildman–Crippen MR) is 335 cm³/mol. The maximum atomic E-state index is 12.9. The quantitative estimate of drug-likeness (QED) is 0.0261. The zero-order valence-corrected chi connectivity index (χ0v) is 51.2. The highest BCUT2D eigenvalue weighted by Gasteiger charge is 2.19. The van der Waals surface area contributed by atoms with Crippen molar-refractivity contribution in [3.05, 3.63) is 72.9 Å². The Kier molecular flexibility index (Phi) is 62.7. The van der Waals surface area contributed by atoms with Gasteiger partial charge in [0.25, 0.3) is 0 Å². The van der Waals surface area contributed by atoms with Gasteiger partial charge in [0.2, 0.25) is 0 Å². The van der Waals surface area contributed by atoms with Crippen LogP contribution < -0.4 is 0 Å². The van der Waals surface area contributed by atoms with E-state index < -0.39 is 6.10 Å². The molecule has 77 heavy (non-hydrogen) atoms. The van der Waals surface area contributed by atoms with Crippen LogP contribution in [0.5, 0.6) is 0 Å². The Morgan fingerprint density at radius 3 is 0.766 bits per heavy atom. The number of allylic oxidation sites excluding steroid dienone is 12. The second kappa shape index (κ2) is 65.4. The molecular formula is C71H126O6. The van der Waals surface area contributed by atoms with E-state index in [1.807, 2.05) is 6.08 Å². The zero-order valence-electron chi connectivity index (χ0n) is 51.2. The van der Waals surface area contributed by atoms with Gasteiger partial charge >= 0.3 is 17.9 Å². The van der Waals surface area contributed by atoms with Crippen LogP contribution in [0.3, 0.4) is 0 Å². The molecule has 0 amide bonds. The van der Waals surface area contributed by atoms with Crippen molar-refractivity contribution in [3.63, 3.8) is 0 Å². The summed E-state index contributed by atoms with van der Waals surface area (Å²) in [5, 5.41) is 0. The van der Waals surface area contributed by atoms with Crippen molar-refractivity contribution in [2.45, 2.75) is 348 Å². The summed E-state index contributed by atoms with van der Waals surface area (Å²) in [5.74, 6) is -0.969. The first-order chi connectivity index (χ1) is 38.0. The average molecular weight is 1080 g/mol. The summed E-state index contributed by atoms with van der Waals surface area (Å²) in [6.07, 6.45) is 85.2. The van der Waals surface area contributed by atoms with Crippen LogP contribution in [0.2, 0.25) is 0 Å². The number of hydrogen-bond acceptors (Lipinski definition) is 6. The standard InChI is InChI=1S/C71H126O6/c1-4-7-10-13-16-19-22-25-27-29-31-32-33-34-35-36-37-38-39-41-42-44-46-49-52-55-58-61-64-70(73)76-67-68(66-75-69(72)63-60-57-54-51-48-24-21-18-15-12-9-6-3)77-71(74)65-62-59-56-53-50-47-45-43-40-30-28-26-23-20-17-14-11-8-5-2/h8,11,17,20,26,28,40,43,47,50,56,59,68H,4-7,9-10,12-16,18-19,21-25,27,29-39,41-42,44-46,48-49,51-55,57-58,60-67H2,1-3H3/b11-8-,20-17-,28-26-,43-40-,50-47-,59-56-. The van der Waals surface area contributed by atoms with Crippen LogP contribution in [0, 0.1) is 0 Å². The van der Waals surface area contributed by atoms with Crippen LogP contribution in [-0.4, -0.2) is 37.2 Å². The lowest BCUT2D eigenvalue weighted by molar-refractivity contribution is -0.166. The molecule has 6 heteroatoms. The van der Waals surface area contributed by atoms with Gasteiger partial charge in [-0.3, -0.25) is 14.4 Å². The topological polar surface area (TPSA) is 78.9 Å². The largest absolute Gasteiger partial charge is 0.462 e. The molecule has 0 fully saturated rings. The first kappa shape index (κ1) is 73.8. The van der Waals surface area contributed by atoms with Gasteiger partial charge in [-0.2, -0.15) is 0 Å². The number of esters is 3. The van der Waals surface area contributed by atoms with E-state index >= 15 is 0 Å². The summed E-state index contributed by atoms with van der Waals surface area (Å²) in [6.45, 7) is 6.51. The minimum absolute atomic E-state index is 0.101. The molecule has 0 aromatic heterocycles. The lowest BCUT2D eigenvalue weighted by Crippen LogP contribution is -2.30. The van der Waals surface area contributed by atoms with Gasteiger partial charge in [0.15, 0.2) is 6.10 Å². The van der Waals surface area contributed by atoms with Gasteiger partial charge in [-0.05, 0) is 57.8 Å².